The van der Waals surface area contributed by atoms with Gasteiger partial charge in [-0.3, -0.25) is 19.3 Å². The zero-order chi connectivity index (χ0) is 24.5. The summed E-state index contributed by atoms with van der Waals surface area (Å²) in [5, 5.41) is 9.51. The van der Waals surface area contributed by atoms with E-state index in [2.05, 4.69) is 24.8 Å². The molecule has 4 aromatic heterocycles. The number of ether oxygens (including phenoxy) is 1. The fourth-order valence-electron chi connectivity index (χ4n) is 4.46. The maximum absolute atomic E-state index is 13.1. The van der Waals surface area contributed by atoms with E-state index in [9.17, 15) is 14.7 Å². The van der Waals surface area contributed by atoms with E-state index >= 15 is 0 Å². The summed E-state index contributed by atoms with van der Waals surface area (Å²) < 4.78 is 6.79. The first-order valence-electron chi connectivity index (χ1n) is 11.1. The first-order chi connectivity index (χ1) is 17.0. The Morgan fingerprint density at radius 2 is 1.91 bits per heavy atom. The van der Waals surface area contributed by atoms with Crippen LogP contribution in [0.25, 0.3) is 33.2 Å². The third kappa shape index (κ3) is 4.31. The first-order valence-corrected chi connectivity index (χ1v) is 11.5. The average molecular weight is 494 g/mol. The minimum absolute atomic E-state index is 0.147. The summed E-state index contributed by atoms with van der Waals surface area (Å²) in [5.74, 6) is 0.304. The van der Waals surface area contributed by atoms with Gasteiger partial charge in [-0.25, -0.2) is 19.7 Å². The van der Waals surface area contributed by atoms with Crippen LogP contribution in [0.4, 0.5) is 0 Å². The summed E-state index contributed by atoms with van der Waals surface area (Å²) in [6, 6.07) is 3.43. The molecule has 2 N–H and O–H groups in total. The molecule has 0 aliphatic carbocycles. The van der Waals surface area contributed by atoms with Crippen LogP contribution in [-0.2, 0) is 11.3 Å². The molecule has 11 nitrogen and oxygen atoms in total. The molecule has 1 saturated heterocycles. The van der Waals surface area contributed by atoms with Gasteiger partial charge in [0.1, 0.15) is 17.1 Å². The van der Waals surface area contributed by atoms with E-state index in [1.807, 2.05) is 0 Å². The van der Waals surface area contributed by atoms with Crippen molar-refractivity contribution in [3.05, 3.63) is 57.4 Å². The number of rotatable bonds is 5. The summed E-state index contributed by atoms with van der Waals surface area (Å²) in [7, 11) is 1.61. The van der Waals surface area contributed by atoms with E-state index in [1.165, 1.54) is 6.20 Å². The van der Waals surface area contributed by atoms with Gasteiger partial charge in [0.2, 0.25) is 0 Å². The monoisotopic (exact) mass is 493 g/mol. The molecule has 0 atom stereocenters. The van der Waals surface area contributed by atoms with Crippen molar-refractivity contribution in [2.24, 2.45) is 0 Å². The fourth-order valence-corrected chi connectivity index (χ4v) is 4.76. The van der Waals surface area contributed by atoms with Crippen molar-refractivity contribution in [1.82, 2.24) is 34.4 Å². The number of pyridine rings is 2. The SMILES string of the molecule is COCC(=S)N1CCC(n2c(=O)[nH]c(=O)c3cnc4ccc(-c5cnc(CO)nc5)nc4c32)CC1. The molecule has 0 amide bonds. The number of H-pyrrole nitrogens is 1. The second kappa shape index (κ2) is 9.56. The molecule has 0 saturated carbocycles. The van der Waals surface area contributed by atoms with Crippen LogP contribution in [0.5, 0.6) is 0 Å². The van der Waals surface area contributed by atoms with E-state index < -0.39 is 11.2 Å². The Morgan fingerprint density at radius 3 is 2.60 bits per heavy atom. The second-order valence-corrected chi connectivity index (χ2v) is 8.78. The molecule has 0 bridgehead atoms. The summed E-state index contributed by atoms with van der Waals surface area (Å²) in [6.07, 6.45) is 5.97. The van der Waals surface area contributed by atoms with Gasteiger partial charge in [0.05, 0.1) is 28.7 Å². The number of aliphatic hydroxyl groups excluding tert-OH is 1. The van der Waals surface area contributed by atoms with Crippen LogP contribution in [0, 0.1) is 0 Å². The highest BCUT2D eigenvalue weighted by atomic mass is 32.1. The quantitative estimate of drug-likeness (QED) is 0.308. The number of methoxy groups -OCH3 is 1. The molecule has 4 aromatic rings. The summed E-state index contributed by atoms with van der Waals surface area (Å²) in [5.41, 5.74) is 1.69. The Hall–Kier alpha value is -3.61. The number of likely N-dealkylation sites (tertiary alicyclic amines) is 1. The van der Waals surface area contributed by atoms with Gasteiger partial charge in [0, 0.05) is 50.4 Å². The van der Waals surface area contributed by atoms with Crippen molar-refractivity contribution >= 4 is 39.1 Å². The number of nitrogens with one attached hydrogen (secondary N) is 1. The van der Waals surface area contributed by atoms with Crippen LogP contribution >= 0.6 is 12.2 Å². The van der Waals surface area contributed by atoms with Crippen LogP contribution in [0.2, 0.25) is 0 Å². The molecule has 1 aliphatic heterocycles. The van der Waals surface area contributed by atoms with Crippen molar-refractivity contribution < 1.29 is 9.84 Å². The number of aromatic amines is 1. The Kier molecular flexibility index (Phi) is 6.32. The normalized spacial score (nSPS) is 14.6. The number of piperidine rings is 1. The lowest BCUT2D eigenvalue weighted by Gasteiger charge is -2.34. The van der Waals surface area contributed by atoms with Gasteiger partial charge in [0.15, 0.2) is 5.82 Å². The Bertz CT molecular complexity index is 1530. The Balaban J connectivity index is 1.63. The van der Waals surface area contributed by atoms with Crippen molar-refractivity contribution in [3.8, 4) is 11.3 Å². The minimum Gasteiger partial charge on any atom is -0.388 e. The molecule has 35 heavy (non-hydrogen) atoms. The number of nitrogens with zero attached hydrogens (tertiary/aromatic N) is 6. The number of aliphatic hydroxyl groups is 1. The molecule has 12 heteroatoms. The van der Waals surface area contributed by atoms with E-state index in [-0.39, 0.29) is 12.6 Å². The zero-order valence-electron chi connectivity index (χ0n) is 19.0. The number of thiocarbonyl (C=S) groups is 1. The van der Waals surface area contributed by atoms with Gasteiger partial charge in [-0.1, -0.05) is 12.2 Å². The predicted octanol–water partition coefficient (Wildman–Crippen LogP) is 1.19. The Morgan fingerprint density at radius 1 is 1.17 bits per heavy atom. The second-order valence-electron chi connectivity index (χ2n) is 8.31. The van der Waals surface area contributed by atoms with Crippen LogP contribution in [-0.4, -0.2) is 71.3 Å². The van der Waals surface area contributed by atoms with Crippen LogP contribution in [0.15, 0.2) is 40.3 Å². The lowest BCUT2D eigenvalue weighted by atomic mass is 10.0. The molecule has 1 fully saturated rings. The summed E-state index contributed by atoms with van der Waals surface area (Å²) >= 11 is 5.43. The predicted molar refractivity (Wildman–Crippen MR) is 133 cm³/mol. The summed E-state index contributed by atoms with van der Waals surface area (Å²) in [6.45, 7) is 1.48. The minimum atomic E-state index is -0.503. The highest BCUT2D eigenvalue weighted by Crippen LogP contribution is 2.28. The highest BCUT2D eigenvalue weighted by molar-refractivity contribution is 7.80. The van der Waals surface area contributed by atoms with E-state index in [0.29, 0.717) is 71.6 Å². The molecule has 0 unspecified atom stereocenters. The maximum atomic E-state index is 13.1. The van der Waals surface area contributed by atoms with Gasteiger partial charge < -0.3 is 14.7 Å². The topological polar surface area (TPSA) is 139 Å². The maximum Gasteiger partial charge on any atom is 0.329 e. The number of aromatic nitrogens is 6. The number of fused-ring (bicyclic) bond motifs is 3. The average Bonchev–Trinajstić information content (AvgIpc) is 2.89. The van der Waals surface area contributed by atoms with Gasteiger partial charge in [-0.2, -0.15) is 0 Å². The molecular formula is C23H23N7O4S. The standard InChI is InChI=1S/C23H23N7O4S/c1-34-12-19(35)29-6-4-14(5-7-29)30-21-15(22(32)28-23(30)33)10-24-17-3-2-16(27-20(17)21)13-8-25-18(11-31)26-9-13/h2-3,8-10,14,31H,4-7,11-12H2,1H3,(H,28,32,33). The third-order valence-electron chi connectivity index (χ3n) is 6.20. The number of hydrogen-bond donors (Lipinski definition) is 2. The van der Waals surface area contributed by atoms with Crippen molar-refractivity contribution in [2.75, 3.05) is 26.8 Å². The largest absolute Gasteiger partial charge is 0.388 e. The van der Waals surface area contributed by atoms with Gasteiger partial charge >= 0.3 is 5.69 Å². The van der Waals surface area contributed by atoms with Crippen molar-refractivity contribution in [2.45, 2.75) is 25.5 Å². The van der Waals surface area contributed by atoms with Crippen LogP contribution in [0.1, 0.15) is 24.7 Å². The molecule has 0 radical (unpaired) electrons. The lowest BCUT2D eigenvalue weighted by Crippen LogP contribution is -2.42. The van der Waals surface area contributed by atoms with Crippen molar-refractivity contribution in [3.63, 3.8) is 0 Å². The van der Waals surface area contributed by atoms with Gasteiger partial charge in [-0.15, -0.1) is 0 Å². The molecule has 1 aliphatic rings. The summed E-state index contributed by atoms with van der Waals surface area (Å²) in [4.78, 5) is 48.5. The van der Waals surface area contributed by atoms with Crippen LogP contribution in [0.3, 0.4) is 0 Å². The lowest BCUT2D eigenvalue weighted by molar-refractivity contribution is 0.215. The highest BCUT2D eigenvalue weighted by Gasteiger charge is 2.26. The first kappa shape index (κ1) is 23.1. The molecule has 5 heterocycles. The zero-order valence-corrected chi connectivity index (χ0v) is 19.8. The van der Waals surface area contributed by atoms with Crippen LogP contribution < -0.4 is 11.2 Å². The third-order valence-corrected chi connectivity index (χ3v) is 6.58. The van der Waals surface area contributed by atoms with E-state index in [4.69, 9.17) is 21.9 Å². The molecule has 5 rings (SSSR count). The van der Waals surface area contributed by atoms with Gasteiger partial charge in [-0.05, 0) is 25.0 Å². The Labute approximate surface area is 204 Å². The fraction of sp³-hybridized carbons (Fsp3) is 0.348. The van der Waals surface area contributed by atoms with E-state index in [1.54, 1.807) is 36.2 Å². The smallest absolute Gasteiger partial charge is 0.329 e. The molecule has 0 aromatic carbocycles. The van der Waals surface area contributed by atoms with E-state index in [0.717, 1.165) is 4.99 Å². The number of hydrogen-bond acceptors (Lipinski definition) is 9. The molecule has 180 valence electrons. The van der Waals surface area contributed by atoms with Crippen molar-refractivity contribution in [1.29, 1.82) is 0 Å². The molecular weight excluding hydrogens is 470 g/mol. The van der Waals surface area contributed by atoms with Gasteiger partial charge in [0.25, 0.3) is 5.56 Å². The molecule has 0 spiro atoms.